The van der Waals surface area contributed by atoms with Gasteiger partial charge in [-0.1, -0.05) is 29.5 Å². The lowest BCUT2D eigenvalue weighted by atomic mass is 10.2. The molecule has 2 heterocycles. The Hall–Kier alpha value is -2.92. The highest BCUT2D eigenvalue weighted by molar-refractivity contribution is 7.71. The lowest BCUT2D eigenvalue weighted by Crippen LogP contribution is -2.14. The van der Waals surface area contributed by atoms with Crippen LogP contribution in [0.5, 0.6) is 5.75 Å². The summed E-state index contributed by atoms with van der Waals surface area (Å²) in [5.41, 5.74) is 0.614. The number of ether oxygens (including phenoxy) is 1. The summed E-state index contributed by atoms with van der Waals surface area (Å²) in [6.07, 6.45) is 1.69. The van der Waals surface area contributed by atoms with Crippen LogP contribution in [0.1, 0.15) is 16.1 Å². The molecule has 0 aliphatic carbocycles. The number of aryl methyl sites for hydroxylation is 1. The molecule has 0 unspecified atom stereocenters. The molecule has 3 rings (SSSR count). The van der Waals surface area contributed by atoms with Gasteiger partial charge in [0.15, 0.2) is 15.7 Å². The van der Waals surface area contributed by atoms with Crippen LogP contribution in [0.2, 0.25) is 0 Å². The zero-order chi connectivity index (χ0) is 20.3. The van der Waals surface area contributed by atoms with Crippen LogP contribution in [0.25, 0.3) is 10.7 Å². The first-order valence-corrected chi connectivity index (χ1v) is 9.22. The fourth-order valence-corrected chi connectivity index (χ4v) is 3.63. The minimum absolute atomic E-state index is 0.0217. The number of carbonyl (C=O) groups excluding carboxylic acids is 1. The normalized spacial score (nSPS) is 10.9. The van der Waals surface area contributed by atoms with E-state index in [9.17, 15) is 13.6 Å². The second-order valence-electron chi connectivity index (χ2n) is 5.51. The third kappa shape index (κ3) is 4.15. The predicted molar refractivity (Wildman–Crippen MR) is 104 cm³/mol. The van der Waals surface area contributed by atoms with Crippen LogP contribution in [0.3, 0.4) is 0 Å². The van der Waals surface area contributed by atoms with Crippen LogP contribution < -0.4 is 10.1 Å². The molecule has 0 fully saturated rings. The van der Waals surface area contributed by atoms with Gasteiger partial charge in [0.2, 0.25) is 0 Å². The van der Waals surface area contributed by atoms with Crippen LogP contribution in [0, 0.1) is 11.7 Å². The van der Waals surface area contributed by atoms with Crippen LogP contribution in [0.15, 0.2) is 36.9 Å². The number of carbonyl (C=O) groups is 1. The van der Waals surface area contributed by atoms with Crippen molar-refractivity contribution < 1.29 is 18.3 Å². The monoisotopic (exact) mass is 423 g/mol. The van der Waals surface area contributed by atoms with Gasteiger partial charge in [0.05, 0.1) is 16.1 Å². The van der Waals surface area contributed by atoms with E-state index in [1.165, 1.54) is 29.5 Å². The van der Waals surface area contributed by atoms with Crippen LogP contribution in [-0.4, -0.2) is 32.3 Å². The van der Waals surface area contributed by atoms with Crippen molar-refractivity contribution in [2.75, 3.05) is 5.32 Å². The third-order valence-corrected chi connectivity index (χ3v) is 5.02. The Morgan fingerprint density at radius 1 is 1.50 bits per heavy atom. The molecule has 3 aromatic rings. The summed E-state index contributed by atoms with van der Waals surface area (Å²) in [6, 6.07) is 5.75. The lowest BCUT2D eigenvalue weighted by molar-refractivity contribution is -0.0501. The van der Waals surface area contributed by atoms with E-state index in [1.54, 1.807) is 23.6 Å². The Morgan fingerprint density at radius 3 is 2.96 bits per heavy atom. The number of allylic oxidation sites excluding steroid dienone is 1. The Bertz CT molecular complexity index is 1070. The summed E-state index contributed by atoms with van der Waals surface area (Å²) in [6.45, 7) is 2.89. The first-order valence-electron chi connectivity index (χ1n) is 7.99. The molecule has 2 aromatic heterocycles. The fraction of sp³-hybridized carbons (Fsp3) is 0.176. The molecule has 28 heavy (non-hydrogen) atoms. The van der Waals surface area contributed by atoms with Gasteiger partial charge in [-0.2, -0.15) is 13.9 Å². The maximum absolute atomic E-state index is 12.5. The van der Waals surface area contributed by atoms with E-state index in [-0.39, 0.29) is 11.3 Å². The summed E-state index contributed by atoms with van der Waals surface area (Å²) in [5.74, 6) is -0.251. The molecular formula is C17H15F2N5O2S2. The van der Waals surface area contributed by atoms with E-state index in [2.05, 4.69) is 31.8 Å². The third-order valence-electron chi connectivity index (χ3n) is 3.64. The topological polar surface area (TPSA) is 84.8 Å². The van der Waals surface area contributed by atoms with E-state index < -0.39 is 12.5 Å². The Labute approximate surface area is 167 Å². The van der Waals surface area contributed by atoms with Gasteiger partial charge in [-0.25, -0.2) is 4.98 Å². The first kappa shape index (κ1) is 19.8. The van der Waals surface area contributed by atoms with Gasteiger partial charge < -0.3 is 4.74 Å². The molecule has 0 saturated carbocycles. The predicted octanol–water partition coefficient (Wildman–Crippen LogP) is 4.41. The second kappa shape index (κ2) is 8.40. The summed E-state index contributed by atoms with van der Waals surface area (Å²) in [5, 5.41) is 9.84. The fourth-order valence-electron chi connectivity index (χ4n) is 2.46. The van der Waals surface area contributed by atoms with Crippen molar-refractivity contribution in [2.24, 2.45) is 0 Å². The number of alkyl halides is 2. The molecular weight excluding hydrogens is 408 g/mol. The standard InChI is InChI=1S/C17H15F2N5O2S2/c1-3-8-24-13(22-23-17(24)27)12-9(2)20-16(28-12)21-14(25)10-6-4-5-7-11(10)26-15(18)19/h3-7,15H,1,8H2,2H3,(H,23,27)(H,20,21,25). The molecule has 1 amide bonds. The second-order valence-corrected chi connectivity index (χ2v) is 6.90. The van der Waals surface area contributed by atoms with Gasteiger partial charge >= 0.3 is 6.61 Å². The number of hydrogen-bond donors (Lipinski definition) is 2. The zero-order valence-electron chi connectivity index (χ0n) is 14.6. The number of thiazole rings is 1. The van der Waals surface area contributed by atoms with E-state index in [0.717, 1.165) is 0 Å². The molecule has 0 bridgehead atoms. The SMILES string of the molecule is C=CCn1c(-c2sc(NC(=O)c3ccccc3OC(F)F)nc2C)n[nH]c1=S. The highest BCUT2D eigenvalue weighted by atomic mass is 32.1. The van der Waals surface area contributed by atoms with E-state index in [1.807, 2.05) is 0 Å². The molecule has 146 valence electrons. The van der Waals surface area contributed by atoms with Gasteiger partial charge in [0.25, 0.3) is 5.91 Å². The van der Waals surface area contributed by atoms with E-state index in [0.29, 0.717) is 32.8 Å². The molecule has 2 N–H and O–H groups in total. The number of benzene rings is 1. The van der Waals surface area contributed by atoms with Gasteiger partial charge in [-0.05, 0) is 31.3 Å². The van der Waals surface area contributed by atoms with E-state index >= 15 is 0 Å². The Morgan fingerprint density at radius 2 is 2.25 bits per heavy atom. The number of aromatic amines is 1. The largest absolute Gasteiger partial charge is 0.434 e. The highest BCUT2D eigenvalue weighted by Crippen LogP contribution is 2.32. The first-order chi connectivity index (χ1) is 13.4. The number of halogens is 2. The number of rotatable bonds is 7. The van der Waals surface area contributed by atoms with Crippen molar-refractivity contribution in [3.63, 3.8) is 0 Å². The average molecular weight is 423 g/mol. The molecule has 7 nitrogen and oxygen atoms in total. The molecule has 0 spiro atoms. The number of nitrogens with zero attached hydrogens (tertiary/aromatic N) is 3. The van der Waals surface area contributed by atoms with Crippen LogP contribution >= 0.6 is 23.6 Å². The zero-order valence-corrected chi connectivity index (χ0v) is 16.2. The highest BCUT2D eigenvalue weighted by Gasteiger charge is 2.20. The summed E-state index contributed by atoms with van der Waals surface area (Å²) in [7, 11) is 0. The maximum atomic E-state index is 12.5. The molecule has 0 aliphatic rings. The van der Waals surface area contributed by atoms with Crippen molar-refractivity contribution in [1.29, 1.82) is 0 Å². The smallest absolute Gasteiger partial charge is 0.387 e. The van der Waals surface area contributed by atoms with Crippen molar-refractivity contribution in [1.82, 2.24) is 19.7 Å². The quantitative estimate of drug-likeness (QED) is 0.434. The number of H-pyrrole nitrogens is 1. The number of nitrogens with one attached hydrogen (secondary N) is 2. The van der Waals surface area contributed by atoms with Crippen molar-refractivity contribution >= 4 is 34.6 Å². The average Bonchev–Trinajstić information content (AvgIpc) is 3.18. The molecule has 0 atom stereocenters. The summed E-state index contributed by atoms with van der Waals surface area (Å²) in [4.78, 5) is 17.6. The molecule has 0 aliphatic heterocycles. The number of para-hydroxylation sites is 1. The van der Waals surface area contributed by atoms with Crippen molar-refractivity contribution in [2.45, 2.75) is 20.1 Å². The number of aromatic nitrogens is 4. The maximum Gasteiger partial charge on any atom is 0.387 e. The molecule has 1 aromatic carbocycles. The van der Waals surface area contributed by atoms with Crippen LogP contribution in [-0.2, 0) is 6.54 Å². The van der Waals surface area contributed by atoms with Gasteiger partial charge in [0, 0.05) is 6.54 Å². The van der Waals surface area contributed by atoms with Gasteiger partial charge in [-0.15, -0.1) is 6.58 Å². The van der Waals surface area contributed by atoms with Gasteiger partial charge in [-0.3, -0.25) is 19.8 Å². The summed E-state index contributed by atoms with van der Waals surface area (Å²) >= 11 is 6.40. The van der Waals surface area contributed by atoms with Gasteiger partial charge in [0.1, 0.15) is 5.75 Å². The number of amides is 1. The number of anilines is 1. The minimum Gasteiger partial charge on any atom is -0.434 e. The molecule has 11 heteroatoms. The van der Waals surface area contributed by atoms with E-state index in [4.69, 9.17) is 12.2 Å². The van der Waals surface area contributed by atoms with Crippen LogP contribution in [0.4, 0.5) is 13.9 Å². The number of hydrogen-bond acceptors (Lipinski definition) is 6. The minimum atomic E-state index is -3.03. The van der Waals surface area contributed by atoms with Crippen molar-refractivity contribution in [3.05, 3.63) is 52.9 Å². The molecule has 0 saturated heterocycles. The Kier molecular flexibility index (Phi) is 5.95. The summed E-state index contributed by atoms with van der Waals surface area (Å²) < 4.78 is 31.7. The Balaban J connectivity index is 1.88. The lowest BCUT2D eigenvalue weighted by Gasteiger charge is -2.09. The molecule has 0 radical (unpaired) electrons. The van der Waals surface area contributed by atoms with Crippen molar-refractivity contribution in [3.8, 4) is 16.5 Å².